The minimum absolute atomic E-state index is 0.103. The van der Waals surface area contributed by atoms with Crippen LogP contribution in [0.3, 0.4) is 0 Å². The molecule has 0 aliphatic rings. The van der Waals surface area contributed by atoms with Crippen LogP contribution >= 0.6 is 11.6 Å². The van der Waals surface area contributed by atoms with Crippen LogP contribution in [0.4, 0.5) is 5.69 Å². The summed E-state index contributed by atoms with van der Waals surface area (Å²) >= 11 is 5.72. The second-order valence-corrected chi connectivity index (χ2v) is 5.57. The highest BCUT2D eigenvalue weighted by molar-refractivity contribution is 6.32. The Balaban J connectivity index is 2.53. The van der Waals surface area contributed by atoms with Crippen molar-refractivity contribution < 1.29 is 14.8 Å². The Kier molecular flexibility index (Phi) is 5.47. The fourth-order valence-corrected chi connectivity index (χ4v) is 1.74. The molecule has 0 aliphatic carbocycles. The van der Waals surface area contributed by atoms with Crippen LogP contribution in [0.25, 0.3) is 0 Å². The van der Waals surface area contributed by atoms with Gasteiger partial charge in [-0.1, -0.05) is 17.7 Å². The third-order valence-corrected chi connectivity index (χ3v) is 3.36. The highest BCUT2D eigenvalue weighted by Gasteiger charge is 2.26. The Morgan fingerprint density at radius 3 is 2.70 bits per heavy atom. The van der Waals surface area contributed by atoms with Crippen molar-refractivity contribution in [2.45, 2.75) is 26.8 Å². The Morgan fingerprint density at radius 1 is 1.50 bits per heavy atom. The molecule has 0 unspecified atom stereocenters. The van der Waals surface area contributed by atoms with E-state index in [2.05, 4.69) is 5.32 Å². The van der Waals surface area contributed by atoms with Gasteiger partial charge in [-0.25, -0.2) is 0 Å². The summed E-state index contributed by atoms with van der Waals surface area (Å²) in [7, 11) is 0. The lowest BCUT2D eigenvalue weighted by atomic mass is 9.90. The molecular weight excluding hydrogens is 284 g/mol. The van der Waals surface area contributed by atoms with Crippen molar-refractivity contribution >= 4 is 23.3 Å². The summed E-state index contributed by atoms with van der Waals surface area (Å²) in [6, 6.07) is 4.60. The molecule has 110 valence electrons. The molecule has 1 rings (SSSR count). The number of carbonyl (C=O) groups is 1. The number of hydrogen-bond acceptors (Lipinski definition) is 4. The molecule has 0 atom stereocenters. The normalized spacial score (nSPS) is 11.3. The van der Waals surface area contributed by atoms with E-state index in [0.29, 0.717) is 19.5 Å². The molecule has 1 aromatic rings. The zero-order chi connectivity index (χ0) is 15.3. The Labute approximate surface area is 121 Å². The summed E-state index contributed by atoms with van der Waals surface area (Å²) in [4.78, 5) is 21.1. The van der Waals surface area contributed by atoms with Crippen LogP contribution in [0.1, 0.15) is 25.8 Å². The van der Waals surface area contributed by atoms with Crippen molar-refractivity contribution in [2.24, 2.45) is 5.41 Å². The maximum Gasteiger partial charge on any atom is 0.309 e. The first-order valence-corrected chi connectivity index (χ1v) is 6.49. The standard InChI is InChI=1S/C13H17ClN2O4/c1-13(2,12(17)18)5-6-15-8-9-3-4-10(14)11(7-9)16(19)20/h3-4,7,15H,5-6,8H2,1-2H3,(H,17,18). The molecule has 0 saturated carbocycles. The summed E-state index contributed by atoms with van der Waals surface area (Å²) in [5.74, 6) is -0.846. The van der Waals surface area contributed by atoms with Crippen molar-refractivity contribution in [1.82, 2.24) is 5.32 Å². The van der Waals surface area contributed by atoms with Gasteiger partial charge in [0.2, 0.25) is 0 Å². The molecule has 20 heavy (non-hydrogen) atoms. The molecule has 0 radical (unpaired) electrons. The number of hydrogen-bond donors (Lipinski definition) is 2. The second-order valence-electron chi connectivity index (χ2n) is 5.16. The molecule has 2 N–H and O–H groups in total. The number of rotatable bonds is 7. The minimum atomic E-state index is -0.846. The molecule has 0 aromatic heterocycles. The molecule has 0 aliphatic heterocycles. The van der Waals surface area contributed by atoms with Gasteiger partial charge in [-0.2, -0.15) is 0 Å². The van der Waals surface area contributed by atoms with E-state index in [4.69, 9.17) is 16.7 Å². The van der Waals surface area contributed by atoms with E-state index in [1.54, 1.807) is 19.9 Å². The summed E-state index contributed by atoms with van der Waals surface area (Å²) < 4.78 is 0. The topological polar surface area (TPSA) is 92.5 Å². The number of benzene rings is 1. The highest BCUT2D eigenvalue weighted by Crippen LogP contribution is 2.25. The van der Waals surface area contributed by atoms with Crippen molar-refractivity contribution in [3.8, 4) is 0 Å². The quantitative estimate of drug-likeness (QED) is 0.459. The summed E-state index contributed by atoms with van der Waals surface area (Å²) in [6.07, 6.45) is 0.470. The molecule has 6 nitrogen and oxygen atoms in total. The second kappa shape index (κ2) is 6.67. The number of nitrogens with one attached hydrogen (secondary N) is 1. The highest BCUT2D eigenvalue weighted by atomic mass is 35.5. The minimum Gasteiger partial charge on any atom is -0.481 e. The van der Waals surface area contributed by atoms with E-state index in [9.17, 15) is 14.9 Å². The van der Waals surface area contributed by atoms with Crippen LogP contribution in [0.2, 0.25) is 5.02 Å². The molecule has 0 spiro atoms. The monoisotopic (exact) mass is 300 g/mol. The Bertz CT molecular complexity index is 517. The van der Waals surface area contributed by atoms with Crippen molar-refractivity contribution in [2.75, 3.05) is 6.54 Å². The third kappa shape index (κ3) is 4.47. The molecule has 0 heterocycles. The van der Waals surface area contributed by atoms with Gasteiger partial charge in [-0.15, -0.1) is 0 Å². The number of nitrogens with zero attached hydrogens (tertiary/aromatic N) is 1. The Morgan fingerprint density at radius 2 is 2.15 bits per heavy atom. The summed E-state index contributed by atoms with van der Waals surface area (Å²) in [6.45, 7) is 4.25. The van der Waals surface area contributed by atoms with E-state index >= 15 is 0 Å². The van der Waals surface area contributed by atoms with Crippen LogP contribution < -0.4 is 5.32 Å². The zero-order valence-corrected chi connectivity index (χ0v) is 12.1. The maximum absolute atomic E-state index is 10.9. The van der Waals surface area contributed by atoms with Crippen LogP contribution in [0.5, 0.6) is 0 Å². The predicted molar refractivity (Wildman–Crippen MR) is 75.8 cm³/mol. The molecule has 0 saturated heterocycles. The fourth-order valence-electron chi connectivity index (χ4n) is 1.55. The first-order chi connectivity index (χ1) is 9.24. The van der Waals surface area contributed by atoms with Gasteiger partial charge in [0.05, 0.1) is 10.3 Å². The molecule has 0 amide bonds. The number of nitro benzene ring substituents is 1. The smallest absolute Gasteiger partial charge is 0.309 e. The van der Waals surface area contributed by atoms with Crippen LogP contribution in [-0.4, -0.2) is 22.5 Å². The van der Waals surface area contributed by atoms with Gasteiger partial charge in [0.1, 0.15) is 5.02 Å². The van der Waals surface area contributed by atoms with E-state index in [1.807, 2.05) is 0 Å². The molecule has 0 fully saturated rings. The van der Waals surface area contributed by atoms with Gasteiger partial charge < -0.3 is 10.4 Å². The SMILES string of the molecule is CC(C)(CCNCc1ccc(Cl)c([N+](=O)[O-])c1)C(=O)O. The largest absolute Gasteiger partial charge is 0.481 e. The van der Waals surface area contributed by atoms with Gasteiger partial charge in [0, 0.05) is 12.6 Å². The van der Waals surface area contributed by atoms with Gasteiger partial charge in [-0.3, -0.25) is 14.9 Å². The van der Waals surface area contributed by atoms with Crippen LogP contribution in [-0.2, 0) is 11.3 Å². The van der Waals surface area contributed by atoms with E-state index < -0.39 is 16.3 Å². The molecule has 1 aromatic carbocycles. The van der Waals surface area contributed by atoms with Gasteiger partial charge in [0.25, 0.3) is 5.69 Å². The Hall–Kier alpha value is -1.66. The first-order valence-electron chi connectivity index (χ1n) is 6.11. The van der Waals surface area contributed by atoms with Crippen molar-refractivity contribution in [3.05, 3.63) is 38.9 Å². The summed E-state index contributed by atoms with van der Waals surface area (Å²) in [5, 5.41) is 22.9. The van der Waals surface area contributed by atoms with E-state index in [0.717, 1.165) is 5.56 Å². The first kappa shape index (κ1) is 16.4. The van der Waals surface area contributed by atoms with Gasteiger partial charge in [-0.05, 0) is 38.4 Å². The summed E-state index contributed by atoms with van der Waals surface area (Å²) in [5.41, 5.74) is -0.190. The molecular formula is C13H17ClN2O4. The molecule has 7 heteroatoms. The third-order valence-electron chi connectivity index (χ3n) is 3.04. The number of halogens is 1. The van der Waals surface area contributed by atoms with Crippen LogP contribution in [0, 0.1) is 15.5 Å². The zero-order valence-electron chi connectivity index (χ0n) is 11.4. The molecule has 0 bridgehead atoms. The van der Waals surface area contributed by atoms with Gasteiger partial charge >= 0.3 is 5.97 Å². The lowest BCUT2D eigenvalue weighted by Gasteiger charge is -2.18. The lowest BCUT2D eigenvalue weighted by molar-refractivity contribution is -0.384. The van der Waals surface area contributed by atoms with Gasteiger partial charge in [0.15, 0.2) is 0 Å². The number of nitro groups is 1. The van der Waals surface area contributed by atoms with E-state index in [-0.39, 0.29) is 10.7 Å². The predicted octanol–water partition coefficient (Wildman–Crippen LogP) is 2.84. The van der Waals surface area contributed by atoms with Crippen LogP contribution in [0.15, 0.2) is 18.2 Å². The fraction of sp³-hybridized carbons (Fsp3) is 0.462. The maximum atomic E-state index is 10.9. The van der Waals surface area contributed by atoms with Crippen molar-refractivity contribution in [1.29, 1.82) is 0 Å². The van der Waals surface area contributed by atoms with E-state index in [1.165, 1.54) is 12.1 Å². The average Bonchev–Trinajstić information content (AvgIpc) is 2.35. The van der Waals surface area contributed by atoms with Crippen molar-refractivity contribution in [3.63, 3.8) is 0 Å². The average molecular weight is 301 g/mol. The lowest BCUT2D eigenvalue weighted by Crippen LogP contribution is -2.28. The number of carboxylic acids is 1. The number of carboxylic acid groups (broad SMARTS) is 1. The number of aliphatic carboxylic acids is 1.